The van der Waals surface area contributed by atoms with Crippen LogP contribution in [0.5, 0.6) is 0 Å². The number of guanidine groups is 1. The molecule has 6 nitrogen and oxygen atoms in total. The van der Waals surface area contributed by atoms with E-state index >= 15 is 0 Å². The molecule has 1 aliphatic heterocycles. The molecule has 2 aromatic rings. The number of nitrogens with zero attached hydrogens (tertiary/aromatic N) is 2. The predicted molar refractivity (Wildman–Crippen MR) is 94.6 cm³/mol. The van der Waals surface area contributed by atoms with Crippen molar-refractivity contribution in [1.82, 2.24) is 9.62 Å². The van der Waals surface area contributed by atoms with E-state index in [4.69, 9.17) is 22.3 Å². The van der Waals surface area contributed by atoms with Crippen LogP contribution in [-0.4, -0.2) is 31.5 Å². The molecule has 1 aliphatic rings. The molecule has 1 aromatic heterocycles. The number of nitriles is 1. The quantitative estimate of drug-likeness (QED) is 0.837. The molecule has 0 saturated carbocycles. The zero-order valence-corrected chi connectivity index (χ0v) is 15.0. The van der Waals surface area contributed by atoms with Crippen LogP contribution in [0.15, 0.2) is 30.3 Å². The molecule has 0 aliphatic carbocycles. The van der Waals surface area contributed by atoms with Gasteiger partial charge in [-0.15, -0.1) is 11.3 Å². The highest BCUT2D eigenvalue weighted by Gasteiger charge is 2.34. The molecule has 0 bridgehead atoms. The molecule has 0 spiro atoms. The second-order valence-corrected chi connectivity index (χ2v) is 9.02. The van der Waals surface area contributed by atoms with Gasteiger partial charge in [0.15, 0.2) is 0 Å². The Kier molecular flexibility index (Phi) is 4.25. The molecule has 1 saturated heterocycles. The summed E-state index contributed by atoms with van der Waals surface area (Å²) in [4.78, 5) is 0.844. The van der Waals surface area contributed by atoms with Crippen LogP contribution in [0, 0.1) is 16.7 Å². The van der Waals surface area contributed by atoms with Crippen molar-refractivity contribution in [3.8, 4) is 16.5 Å². The van der Waals surface area contributed by atoms with Crippen LogP contribution in [0.2, 0.25) is 4.34 Å². The van der Waals surface area contributed by atoms with E-state index in [0.717, 1.165) is 14.7 Å². The number of nitrogens with one attached hydrogen (secondary N) is 2. The van der Waals surface area contributed by atoms with Crippen LogP contribution in [-0.2, 0) is 10.0 Å². The van der Waals surface area contributed by atoms with Gasteiger partial charge in [-0.05, 0) is 23.8 Å². The molecular weight excluding hydrogens is 368 g/mol. The van der Waals surface area contributed by atoms with Gasteiger partial charge in [0.25, 0.3) is 0 Å². The molecule has 2 N–H and O–H groups in total. The summed E-state index contributed by atoms with van der Waals surface area (Å²) in [6.45, 7) is 0. The summed E-state index contributed by atoms with van der Waals surface area (Å²) in [6, 6.07) is 10.5. The lowest BCUT2D eigenvalue weighted by Gasteiger charge is -2.32. The number of rotatable bonds is 2. The monoisotopic (exact) mass is 380 g/mol. The maximum atomic E-state index is 12.1. The molecule has 0 radical (unpaired) electrons. The Morgan fingerprint density at radius 2 is 2.21 bits per heavy atom. The third-order valence-corrected chi connectivity index (χ3v) is 6.99. The van der Waals surface area contributed by atoms with E-state index in [-0.39, 0.29) is 11.7 Å². The normalized spacial score (nSPS) is 19.6. The fraction of sp³-hybridized carbons (Fsp3) is 0.200. The SMILES string of the molecule is CN1C(=N)N[C@H](c2cc(-c3cccc(C#N)c3)sc2Cl)CS1(=O)=O. The highest BCUT2D eigenvalue weighted by atomic mass is 35.5. The van der Waals surface area contributed by atoms with E-state index in [1.807, 2.05) is 12.1 Å². The third-order valence-electron chi connectivity index (χ3n) is 3.79. The van der Waals surface area contributed by atoms with Crippen LogP contribution in [0.3, 0.4) is 0 Å². The lowest BCUT2D eigenvalue weighted by molar-refractivity contribution is 0.507. The van der Waals surface area contributed by atoms with Crippen molar-refractivity contribution in [2.45, 2.75) is 6.04 Å². The van der Waals surface area contributed by atoms with E-state index < -0.39 is 16.1 Å². The van der Waals surface area contributed by atoms with Gasteiger partial charge in [-0.1, -0.05) is 23.7 Å². The van der Waals surface area contributed by atoms with Gasteiger partial charge in [-0.25, -0.2) is 12.7 Å². The van der Waals surface area contributed by atoms with Gasteiger partial charge in [-0.3, -0.25) is 5.41 Å². The van der Waals surface area contributed by atoms with Gasteiger partial charge in [0.05, 0.1) is 27.8 Å². The Morgan fingerprint density at radius 3 is 2.88 bits per heavy atom. The standard InChI is InChI=1S/C15H13ClN4O2S2/c1-20-15(18)19-12(8-24(20,21)22)11-6-13(23-14(11)16)10-4-2-3-9(5-10)7-17/h2-6,12H,8H2,1H3,(H2,18,19)/t12-/m0/s1. The van der Waals surface area contributed by atoms with Gasteiger partial charge >= 0.3 is 0 Å². The molecule has 1 aromatic carbocycles. The van der Waals surface area contributed by atoms with Gasteiger partial charge in [0.1, 0.15) is 0 Å². The third kappa shape index (κ3) is 2.98. The van der Waals surface area contributed by atoms with Gasteiger partial charge in [0, 0.05) is 17.5 Å². The number of sulfonamides is 1. The van der Waals surface area contributed by atoms with E-state index in [1.165, 1.54) is 18.4 Å². The van der Waals surface area contributed by atoms with Crippen molar-refractivity contribution in [2.24, 2.45) is 0 Å². The molecule has 9 heteroatoms. The number of halogens is 1. The molecule has 24 heavy (non-hydrogen) atoms. The maximum absolute atomic E-state index is 12.1. The maximum Gasteiger partial charge on any atom is 0.239 e. The van der Waals surface area contributed by atoms with Crippen LogP contribution in [0.4, 0.5) is 0 Å². The lowest BCUT2D eigenvalue weighted by atomic mass is 10.1. The van der Waals surface area contributed by atoms with Crippen molar-refractivity contribution >= 4 is 38.9 Å². The zero-order valence-electron chi connectivity index (χ0n) is 12.6. The van der Waals surface area contributed by atoms with Crippen LogP contribution in [0.25, 0.3) is 10.4 Å². The van der Waals surface area contributed by atoms with E-state index in [1.54, 1.807) is 18.2 Å². The average molecular weight is 381 g/mol. The minimum atomic E-state index is -3.54. The predicted octanol–water partition coefficient (Wildman–Crippen LogP) is 2.78. The molecular formula is C15H13ClN4O2S2. The zero-order chi connectivity index (χ0) is 17.5. The summed E-state index contributed by atoms with van der Waals surface area (Å²) in [6.07, 6.45) is 0. The first kappa shape index (κ1) is 16.8. The molecule has 0 unspecified atom stereocenters. The Bertz CT molecular complexity index is 962. The molecule has 1 fully saturated rings. The topological polar surface area (TPSA) is 97.1 Å². The first-order valence-corrected chi connectivity index (χ1v) is 9.73. The van der Waals surface area contributed by atoms with Crippen molar-refractivity contribution < 1.29 is 8.42 Å². The Balaban J connectivity index is 1.98. The second kappa shape index (κ2) is 6.09. The molecule has 124 valence electrons. The van der Waals surface area contributed by atoms with Gasteiger partial charge in [-0.2, -0.15) is 5.26 Å². The van der Waals surface area contributed by atoms with Crippen LogP contribution >= 0.6 is 22.9 Å². The van der Waals surface area contributed by atoms with Crippen molar-refractivity contribution in [3.05, 3.63) is 45.8 Å². The fourth-order valence-corrected chi connectivity index (χ4v) is 5.05. The van der Waals surface area contributed by atoms with Gasteiger partial charge < -0.3 is 5.32 Å². The molecule has 1 atom stereocenters. The smallest absolute Gasteiger partial charge is 0.239 e. The number of thiophene rings is 1. The average Bonchev–Trinajstić information content (AvgIpc) is 2.94. The summed E-state index contributed by atoms with van der Waals surface area (Å²) >= 11 is 7.63. The molecule has 3 rings (SSSR count). The number of benzene rings is 1. The number of hydrogen-bond donors (Lipinski definition) is 2. The van der Waals surface area contributed by atoms with Gasteiger partial charge in [0.2, 0.25) is 16.0 Å². The Morgan fingerprint density at radius 1 is 1.46 bits per heavy atom. The second-order valence-electron chi connectivity index (χ2n) is 5.32. The summed E-state index contributed by atoms with van der Waals surface area (Å²) in [5.41, 5.74) is 2.03. The summed E-state index contributed by atoms with van der Waals surface area (Å²) < 4.78 is 25.6. The van der Waals surface area contributed by atoms with E-state index in [2.05, 4.69) is 11.4 Å². The van der Waals surface area contributed by atoms with Crippen molar-refractivity contribution in [1.29, 1.82) is 10.7 Å². The fourth-order valence-electron chi connectivity index (χ4n) is 2.43. The van der Waals surface area contributed by atoms with Crippen LogP contribution in [0.1, 0.15) is 17.2 Å². The van der Waals surface area contributed by atoms with Crippen LogP contribution < -0.4 is 5.32 Å². The van der Waals surface area contributed by atoms with Crippen molar-refractivity contribution in [2.75, 3.05) is 12.8 Å². The molecule has 0 amide bonds. The summed E-state index contributed by atoms with van der Waals surface area (Å²) in [5.74, 6) is -0.346. The first-order valence-electron chi connectivity index (χ1n) is 6.93. The molecule has 2 heterocycles. The summed E-state index contributed by atoms with van der Waals surface area (Å²) in [7, 11) is -2.20. The Labute approximate surface area is 148 Å². The van der Waals surface area contributed by atoms with E-state index in [9.17, 15) is 8.42 Å². The Hall–Kier alpha value is -2.08. The first-order chi connectivity index (χ1) is 11.3. The minimum absolute atomic E-state index is 0.167. The summed E-state index contributed by atoms with van der Waals surface area (Å²) in [5, 5.41) is 19.7. The minimum Gasteiger partial charge on any atom is -0.348 e. The van der Waals surface area contributed by atoms with Crippen molar-refractivity contribution in [3.63, 3.8) is 0 Å². The highest BCUT2D eigenvalue weighted by Crippen LogP contribution is 2.39. The largest absolute Gasteiger partial charge is 0.348 e. The lowest BCUT2D eigenvalue weighted by Crippen LogP contribution is -2.51. The number of hydrogen-bond acceptors (Lipinski definition) is 5. The van der Waals surface area contributed by atoms with E-state index in [0.29, 0.717) is 15.5 Å². The highest BCUT2D eigenvalue weighted by molar-refractivity contribution is 7.89.